The van der Waals surface area contributed by atoms with E-state index in [4.69, 9.17) is 0 Å². The molecule has 0 aromatic heterocycles. The van der Waals surface area contributed by atoms with Gasteiger partial charge in [0.15, 0.2) is 0 Å². The average molecular weight is 796 g/mol. The fraction of sp³-hybridized carbons (Fsp3) is 0.300. The lowest BCUT2D eigenvalue weighted by atomic mass is 9.55. The third-order valence-corrected chi connectivity index (χ3v) is 17.4. The first-order chi connectivity index (χ1) is 28.8. The van der Waals surface area contributed by atoms with Crippen molar-refractivity contribution in [3.63, 3.8) is 0 Å². The quantitative estimate of drug-likeness (QED) is 0.172. The van der Waals surface area contributed by atoms with E-state index >= 15 is 0 Å². The van der Waals surface area contributed by atoms with Gasteiger partial charge in [0.05, 0.1) is 0 Å². The fourth-order valence-corrected chi connectivity index (χ4v) is 11.4. The highest BCUT2D eigenvalue weighted by molar-refractivity contribution is 5.91. The van der Waals surface area contributed by atoms with Crippen molar-refractivity contribution < 1.29 is 0 Å². The first kappa shape index (κ1) is 39.5. The van der Waals surface area contributed by atoms with Gasteiger partial charge in [0.1, 0.15) is 0 Å². The van der Waals surface area contributed by atoms with E-state index in [1.807, 2.05) is 0 Å². The van der Waals surface area contributed by atoms with Crippen LogP contribution in [-0.4, -0.2) is 0 Å². The minimum absolute atomic E-state index is 0.0324. The van der Waals surface area contributed by atoms with Gasteiger partial charge in [-0.1, -0.05) is 192 Å². The Morgan fingerprint density at radius 1 is 0.246 bits per heavy atom. The molecule has 3 aliphatic carbocycles. The molecule has 61 heavy (non-hydrogen) atoms. The molecule has 0 saturated carbocycles. The monoisotopic (exact) mass is 795 g/mol. The molecule has 0 aliphatic heterocycles. The van der Waals surface area contributed by atoms with Crippen molar-refractivity contribution in [2.75, 3.05) is 4.90 Å². The lowest BCUT2D eigenvalue weighted by Crippen LogP contribution is -2.43. The number of benzene rings is 7. The van der Waals surface area contributed by atoms with Crippen LogP contribution in [0.2, 0.25) is 0 Å². The summed E-state index contributed by atoms with van der Waals surface area (Å²) in [5.74, 6) is 0. The molecule has 0 unspecified atom stereocenters. The van der Waals surface area contributed by atoms with Crippen LogP contribution in [-0.2, 0) is 32.5 Å². The average Bonchev–Trinajstić information content (AvgIpc) is 3.25. The van der Waals surface area contributed by atoms with Gasteiger partial charge in [-0.05, 0) is 153 Å². The normalized spacial score (nSPS) is 18.6. The van der Waals surface area contributed by atoms with Gasteiger partial charge < -0.3 is 4.90 Å². The van der Waals surface area contributed by atoms with Crippen LogP contribution in [0.5, 0.6) is 0 Å². The molecule has 0 amide bonds. The lowest BCUT2D eigenvalue weighted by Gasteiger charge is -2.49. The van der Waals surface area contributed by atoms with Gasteiger partial charge in [-0.15, -0.1) is 0 Å². The predicted octanol–water partition coefficient (Wildman–Crippen LogP) is 16.5. The van der Waals surface area contributed by atoms with Crippen LogP contribution in [0.4, 0.5) is 17.1 Å². The van der Waals surface area contributed by atoms with E-state index in [0.717, 1.165) is 5.69 Å². The number of fused-ring (bicyclic) bond motifs is 9. The highest BCUT2D eigenvalue weighted by Gasteiger charge is 2.49. The Morgan fingerprint density at radius 3 is 0.934 bits per heavy atom. The molecule has 0 saturated heterocycles. The molecule has 0 bridgehead atoms. The molecule has 10 rings (SSSR count). The molecule has 1 nitrogen and oxygen atoms in total. The van der Waals surface area contributed by atoms with Gasteiger partial charge in [-0.25, -0.2) is 0 Å². The molecule has 0 fully saturated rings. The summed E-state index contributed by atoms with van der Waals surface area (Å²) in [5.41, 5.74) is 22.0. The third kappa shape index (κ3) is 5.32. The number of hydrogen-bond acceptors (Lipinski definition) is 1. The van der Waals surface area contributed by atoms with Crippen molar-refractivity contribution in [1.29, 1.82) is 0 Å². The minimum atomic E-state index is -0.102. The standard InChI is InChI=1S/C60H61N/c1-55(2)49-24-18-16-22-43(49)46-35-40(27-31-52(46)58(55,7)8)61(41-28-32-53-47(36-41)44-23-17-19-25-50(44)56(3,4)59(53,9)10)42-29-33-54-48(37-42)45-34-39(38-20-14-13-15-21-38)26-30-51(45)57(5,6)60(54,11)12/h13-37H,1-12H3. The molecule has 1 heteroatoms. The molecule has 7 aromatic carbocycles. The first-order valence-electron chi connectivity index (χ1n) is 22.4. The largest absolute Gasteiger partial charge is 0.310 e. The Bertz CT molecular complexity index is 2790. The first-order valence-corrected chi connectivity index (χ1v) is 22.4. The zero-order valence-electron chi connectivity index (χ0n) is 38.4. The molecule has 306 valence electrons. The molecule has 0 N–H and O–H groups in total. The molecule has 0 spiro atoms. The molecule has 0 heterocycles. The van der Waals surface area contributed by atoms with Crippen molar-refractivity contribution in [3.8, 4) is 44.5 Å². The second-order valence-electron chi connectivity index (χ2n) is 21.5. The van der Waals surface area contributed by atoms with E-state index in [9.17, 15) is 0 Å². The van der Waals surface area contributed by atoms with Crippen molar-refractivity contribution in [1.82, 2.24) is 0 Å². The van der Waals surface area contributed by atoms with E-state index in [1.165, 1.54) is 89.3 Å². The summed E-state index contributed by atoms with van der Waals surface area (Å²) >= 11 is 0. The maximum absolute atomic E-state index is 2.54. The van der Waals surface area contributed by atoms with E-state index in [-0.39, 0.29) is 32.5 Å². The maximum Gasteiger partial charge on any atom is 0.0468 e. The fourth-order valence-electron chi connectivity index (χ4n) is 11.4. The summed E-state index contributed by atoms with van der Waals surface area (Å²) in [6.45, 7) is 29.1. The maximum atomic E-state index is 2.54. The van der Waals surface area contributed by atoms with Crippen LogP contribution < -0.4 is 4.90 Å². The van der Waals surface area contributed by atoms with Crippen molar-refractivity contribution in [2.45, 2.75) is 116 Å². The molecule has 0 radical (unpaired) electrons. The van der Waals surface area contributed by atoms with Crippen molar-refractivity contribution in [3.05, 3.63) is 185 Å². The third-order valence-electron chi connectivity index (χ3n) is 17.4. The van der Waals surface area contributed by atoms with Gasteiger partial charge in [0.25, 0.3) is 0 Å². The van der Waals surface area contributed by atoms with Crippen LogP contribution in [0.15, 0.2) is 152 Å². The van der Waals surface area contributed by atoms with E-state index < -0.39 is 0 Å². The van der Waals surface area contributed by atoms with E-state index in [1.54, 1.807) is 0 Å². The molecular formula is C60H61N. The van der Waals surface area contributed by atoms with E-state index in [2.05, 4.69) is 240 Å². The SMILES string of the molecule is CC1(C)c2ccccc2-c2cc(N(c3ccc4c(c3)-c3ccccc3C(C)(C)C4(C)C)c3ccc4c(c3)-c3cc(-c5ccccc5)ccc3C(C)(C)C4(C)C)ccc2C1(C)C. The Hall–Kier alpha value is -5.66. The van der Waals surface area contributed by atoms with Crippen LogP contribution in [0.25, 0.3) is 44.5 Å². The predicted molar refractivity (Wildman–Crippen MR) is 261 cm³/mol. The van der Waals surface area contributed by atoms with Crippen LogP contribution in [0.1, 0.15) is 116 Å². The Morgan fingerprint density at radius 2 is 0.541 bits per heavy atom. The summed E-state index contributed by atoms with van der Waals surface area (Å²) in [5, 5.41) is 0. The van der Waals surface area contributed by atoms with Gasteiger partial charge in [0, 0.05) is 17.1 Å². The Labute approximate surface area is 365 Å². The van der Waals surface area contributed by atoms with Gasteiger partial charge in [-0.3, -0.25) is 0 Å². The van der Waals surface area contributed by atoms with Gasteiger partial charge >= 0.3 is 0 Å². The second kappa shape index (κ2) is 12.9. The number of hydrogen-bond donors (Lipinski definition) is 0. The second-order valence-corrected chi connectivity index (χ2v) is 21.5. The van der Waals surface area contributed by atoms with Crippen molar-refractivity contribution >= 4 is 17.1 Å². The molecule has 3 aliphatic rings. The summed E-state index contributed by atoms with van der Waals surface area (Å²) in [7, 11) is 0. The van der Waals surface area contributed by atoms with Crippen molar-refractivity contribution in [2.24, 2.45) is 0 Å². The number of anilines is 3. The van der Waals surface area contributed by atoms with E-state index in [0.29, 0.717) is 0 Å². The summed E-state index contributed by atoms with van der Waals surface area (Å²) in [6, 6.07) is 58.2. The summed E-state index contributed by atoms with van der Waals surface area (Å²) in [6.07, 6.45) is 0. The van der Waals surface area contributed by atoms with Crippen LogP contribution in [0, 0.1) is 0 Å². The molecular weight excluding hydrogens is 735 g/mol. The number of nitrogens with zero attached hydrogens (tertiary/aromatic N) is 1. The van der Waals surface area contributed by atoms with Gasteiger partial charge in [0.2, 0.25) is 0 Å². The van der Waals surface area contributed by atoms with Gasteiger partial charge in [-0.2, -0.15) is 0 Å². The molecule has 7 aromatic rings. The molecule has 0 atom stereocenters. The number of rotatable bonds is 4. The smallest absolute Gasteiger partial charge is 0.0468 e. The minimum Gasteiger partial charge on any atom is -0.310 e. The van der Waals surface area contributed by atoms with Crippen LogP contribution >= 0.6 is 0 Å². The van der Waals surface area contributed by atoms with Crippen LogP contribution in [0.3, 0.4) is 0 Å². The Balaban J connectivity index is 1.24. The highest BCUT2D eigenvalue weighted by atomic mass is 15.1. The lowest BCUT2D eigenvalue weighted by molar-refractivity contribution is 0.299. The Kier molecular flexibility index (Phi) is 8.37. The zero-order chi connectivity index (χ0) is 43.1. The summed E-state index contributed by atoms with van der Waals surface area (Å²) in [4.78, 5) is 2.54. The topological polar surface area (TPSA) is 3.24 Å². The zero-order valence-corrected chi connectivity index (χ0v) is 38.4. The highest BCUT2D eigenvalue weighted by Crippen LogP contribution is 2.59. The summed E-state index contributed by atoms with van der Waals surface area (Å²) < 4.78 is 0.